The quantitative estimate of drug-likeness (QED) is 0.891. The minimum atomic E-state index is -0.313. The molecule has 4 bridgehead atoms. The zero-order valence-corrected chi connectivity index (χ0v) is 13.2. The summed E-state index contributed by atoms with van der Waals surface area (Å²) in [5, 5.41) is 15.1. The van der Waals surface area contributed by atoms with Gasteiger partial charge in [0.1, 0.15) is 0 Å². The van der Waals surface area contributed by atoms with Crippen LogP contribution in [0, 0.1) is 23.2 Å². The first kappa shape index (κ1) is 13.8. The summed E-state index contributed by atoms with van der Waals surface area (Å²) in [4.78, 5) is 0. The fraction of sp³-hybridized carbons (Fsp3) is 0.833. The number of hydrogen-bond acceptors (Lipinski definition) is 2. The standard InChI is InChI=1S/C18H28N2O/c1-2-3-20-12-16(11-19-20)17(21)10-18-7-13-4-14(8-18)6-15(5-13)9-18/h11-15,17,21H,2-10H2,1H3. The number of aromatic nitrogens is 2. The van der Waals surface area contributed by atoms with E-state index in [1.807, 2.05) is 10.9 Å². The van der Waals surface area contributed by atoms with E-state index in [-0.39, 0.29) is 6.10 Å². The topological polar surface area (TPSA) is 38.0 Å². The van der Waals surface area contributed by atoms with Crippen LogP contribution in [-0.2, 0) is 6.54 Å². The Labute approximate surface area is 127 Å². The average Bonchev–Trinajstić information content (AvgIpc) is 2.85. The third kappa shape index (κ3) is 2.54. The molecular formula is C18H28N2O. The molecule has 1 N–H and O–H groups in total. The van der Waals surface area contributed by atoms with E-state index in [9.17, 15) is 5.11 Å². The maximum absolute atomic E-state index is 10.7. The zero-order chi connectivity index (χ0) is 14.4. The summed E-state index contributed by atoms with van der Waals surface area (Å²) in [5.41, 5.74) is 1.47. The van der Waals surface area contributed by atoms with E-state index in [0.717, 1.165) is 42.7 Å². The summed E-state index contributed by atoms with van der Waals surface area (Å²) >= 11 is 0. The van der Waals surface area contributed by atoms with Gasteiger partial charge in [-0.15, -0.1) is 0 Å². The molecule has 0 aromatic carbocycles. The number of aliphatic hydroxyl groups excluding tert-OH is 1. The Bertz CT molecular complexity index is 472. The van der Waals surface area contributed by atoms with Gasteiger partial charge in [0.25, 0.3) is 0 Å². The molecule has 1 unspecified atom stereocenters. The third-order valence-corrected chi connectivity index (χ3v) is 6.28. The highest BCUT2D eigenvalue weighted by Gasteiger charge is 2.51. The lowest BCUT2D eigenvalue weighted by molar-refractivity contribution is -0.0764. The number of rotatable bonds is 5. The van der Waals surface area contributed by atoms with E-state index in [1.165, 1.54) is 38.5 Å². The van der Waals surface area contributed by atoms with Crippen LogP contribution in [0.5, 0.6) is 0 Å². The molecule has 4 saturated carbocycles. The van der Waals surface area contributed by atoms with Crippen molar-refractivity contribution < 1.29 is 5.11 Å². The minimum absolute atomic E-state index is 0.313. The van der Waals surface area contributed by atoms with Gasteiger partial charge < -0.3 is 5.11 Å². The lowest BCUT2D eigenvalue weighted by Gasteiger charge is -2.57. The monoisotopic (exact) mass is 288 g/mol. The van der Waals surface area contributed by atoms with E-state index in [2.05, 4.69) is 18.2 Å². The maximum atomic E-state index is 10.7. The van der Waals surface area contributed by atoms with E-state index in [4.69, 9.17) is 0 Å². The molecule has 4 aliphatic carbocycles. The fourth-order valence-electron chi connectivity index (χ4n) is 5.97. The van der Waals surface area contributed by atoms with Crippen molar-refractivity contribution >= 4 is 0 Å². The smallest absolute Gasteiger partial charge is 0.0825 e. The first-order valence-electron chi connectivity index (χ1n) is 8.86. The minimum Gasteiger partial charge on any atom is -0.388 e. The molecule has 1 atom stereocenters. The molecule has 0 aliphatic heterocycles. The second-order valence-corrected chi connectivity index (χ2v) is 8.17. The van der Waals surface area contributed by atoms with Gasteiger partial charge >= 0.3 is 0 Å². The van der Waals surface area contributed by atoms with Crippen molar-refractivity contribution in [3.63, 3.8) is 0 Å². The summed E-state index contributed by atoms with van der Waals surface area (Å²) in [7, 11) is 0. The van der Waals surface area contributed by atoms with Crippen LogP contribution in [0.1, 0.15) is 70.0 Å². The van der Waals surface area contributed by atoms with Gasteiger partial charge in [-0.2, -0.15) is 5.10 Å². The summed E-state index contributed by atoms with van der Waals surface area (Å²) in [6.07, 6.45) is 14.2. The fourth-order valence-corrected chi connectivity index (χ4v) is 5.97. The number of aryl methyl sites for hydroxylation is 1. The third-order valence-electron chi connectivity index (χ3n) is 6.28. The van der Waals surface area contributed by atoms with Crippen LogP contribution in [0.4, 0.5) is 0 Å². The van der Waals surface area contributed by atoms with Gasteiger partial charge in [-0.25, -0.2) is 0 Å². The molecule has 3 nitrogen and oxygen atoms in total. The summed E-state index contributed by atoms with van der Waals surface area (Å²) in [6, 6.07) is 0. The molecule has 0 spiro atoms. The van der Waals surface area contributed by atoms with E-state index in [0.29, 0.717) is 5.41 Å². The predicted octanol–water partition coefficient (Wildman–Crippen LogP) is 3.93. The Morgan fingerprint density at radius 1 is 1.24 bits per heavy atom. The second-order valence-electron chi connectivity index (χ2n) is 8.17. The molecule has 1 aromatic heterocycles. The van der Waals surface area contributed by atoms with Crippen LogP contribution >= 0.6 is 0 Å². The Morgan fingerprint density at radius 2 is 1.86 bits per heavy atom. The normalized spacial score (nSPS) is 38.9. The molecule has 0 amide bonds. The molecule has 0 saturated heterocycles. The van der Waals surface area contributed by atoms with Crippen molar-refractivity contribution in [2.24, 2.45) is 23.2 Å². The van der Waals surface area contributed by atoms with Crippen molar-refractivity contribution in [2.45, 2.75) is 70.9 Å². The molecule has 21 heavy (non-hydrogen) atoms. The van der Waals surface area contributed by atoms with Crippen molar-refractivity contribution in [3.8, 4) is 0 Å². The number of nitrogens with zero attached hydrogens (tertiary/aromatic N) is 2. The largest absolute Gasteiger partial charge is 0.388 e. The summed E-state index contributed by atoms with van der Waals surface area (Å²) in [5.74, 6) is 2.89. The lowest BCUT2D eigenvalue weighted by Crippen LogP contribution is -2.46. The Kier molecular flexibility index (Phi) is 3.36. The predicted molar refractivity (Wildman–Crippen MR) is 82.7 cm³/mol. The SMILES string of the molecule is CCCn1cc(C(O)CC23CC4CC(CC(C4)C2)C3)cn1. The van der Waals surface area contributed by atoms with Gasteiger partial charge in [0.2, 0.25) is 0 Å². The zero-order valence-electron chi connectivity index (χ0n) is 13.2. The van der Waals surface area contributed by atoms with Gasteiger partial charge in [0, 0.05) is 18.3 Å². The summed E-state index contributed by atoms with van der Waals surface area (Å²) < 4.78 is 1.97. The molecule has 3 heteroatoms. The van der Waals surface area contributed by atoms with Crippen molar-refractivity contribution in [2.75, 3.05) is 0 Å². The highest BCUT2D eigenvalue weighted by Crippen LogP contribution is 2.62. The molecule has 1 heterocycles. The Morgan fingerprint density at radius 3 is 2.43 bits per heavy atom. The average molecular weight is 288 g/mol. The highest BCUT2D eigenvalue weighted by molar-refractivity contribution is 5.11. The van der Waals surface area contributed by atoms with Crippen LogP contribution in [0.3, 0.4) is 0 Å². The van der Waals surface area contributed by atoms with Crippen LogP contribution in [0.25, 0.3) is 0 Å². The lowest BCUT2D eigenvalue weighted by atomic mass is 9.48. The van der Waals surface area contributed by atoms with E-state index >= 15 is 0 Å². The van der Waals surface area contributed by atoms with Gasteiger partial charge in [-0.05, 0) is 74.5 Å². The Balaban J connectivity index is 1.47. The maximum Gasteiger partial charge on any atom is 0.0825 e. The van der Waals surface area contributed by atoms with Crippen molar-refractivity contribution in [1.29, 1.82) is 0 Å². The highest BCUT2D eigenvalue weighted by atomic mass is 16.3. The van der Waals surface area contributed by atoms with Crippen LogP contribution in [0.15, 0.2) is 12.4 Å². The first-order chi connectivity index (χ1) is 10.2. The number of aliphatic hydroxyl groups is 1. The van der Waals surface area contributed by atoms with E-state index < -0.39 is 0 Å². The molecule has 4 aliphatic rings. The molecule has 5 rings (SSSR count). The van der Waals surface area contributed by atoms with Crippen molar-refractivity contribution in [1.82, 2.24) is 9.78 Å². The molecule has 116 valence electrons. The molecule has 0 radical (unpaired) electrons. The number of hydrogen-bond donors (Lipinski definition) is 1. The Hall–Kier alpha value is -0.830. The molecular weight excluding hydrogens is 260 g/mol. The van der Waals surface area contributed by atoms with Gasteiger partial charge in [-0.3, -0.25) is 4.68 Å². The molecule has 1 aromatic rings. The second kappa shape index (κ2) is 5.12. The first-order valence-corrected chi connectivity index (χ1v) is 8.86. The van der Waals surface area contributed by atoms with Gasteiger partial charge in [0.15, 0.2) is 0 Å². The van der Waals surface area contributed by atoms with Crippen molar-refractivity contribution in [3.05, 3.63) is 18.0 Å². The summed E-state index contributed by atoms with van der Waals surface area (Å²) in [6.45, 7) is 3.11. The van der Waals surface area contributed by atoms with E-state index in [1.54, 1.807) is 0 Å². The van der Waals surface area contributed by atoms with Crippen LogP contribution in [0.2, 0.25) is 0 Å². The molecule has 4 fully saturated rings. The van der Waals surface area contributed by atoms with Gasteiger partial charge in [0.05, 0.1) is 12.3 Å². The van der Waals surface area contributed by atoms with Crippen LogP contribution < -0.4 is 0 Å². The van der Waals surface area contributed by atoms with Crippen LogP contribution in [-0.4, -0.2) is 14.9 Å². The van der Waals surface area contributed by atoms with Gasteiger partial charge in [-0.1, -0.05) is 6.92 Å².